The highest BCUT2D eigenvalue weighted by Crippen LogP contribution is 2.47. The molecule has 0 radical (unpaired) electrons. The lowest BCUT2D eigenvalue weighted by Gasteiger charge is -2.29. The third kappa shape index (κ3) is 2.92. The molecule has 2 fully saturated rings. The SMILES string of the molecule is C[C@@H](OC(=O)[C@H]1CS[C@@]2(C)CCC(=O)N12)C(=O)c1ccc(F)cc1. The van der Waals surface area contributed by atoms with Gasteiger partial charge in [0.05, 0.1) is 4.87 Å². The molecule has 24 heavy (non-hydrogen) atoms. The van der Waals surface area contributed by atoms with Crippen LogP contribution in [0.2, 0.25) is 0 Å². The number of nitrogens with zero attached hydrogens (tertiary/aromatic N) is 1. The van der Waals surface area contributed by atoms with Gasteiger partial charge in [0.15, 0.2) is 6.10 Å². The largest absolute Gasteiger partial charge is 0.453 e. The molecule has 0 bridgehead atoms. The molecule has 5 nitrogen and oxygen atoms in total. The molecule has 0 N–H and O–H groups in total. The van der Waals surface area contributed by atoms with E-state index in [-0.39, 0.29) is 16.3 Å². The lowest BCUT2D eigenvalue weighted by molar-refractivity contribution is -0.155. The van der Waals surface area contributed by atoms with Crippen molar-refractivity contribution >= 4 is 29.4 Å². The standard InChI is InChI=1S/C17H18FNO4S/c1-10(15(21)11-3-5-12(18)6-4-11)23-16(22)13-9-24-17(2)8-7-14(20)19(13)17/h3-6,10,13H,7-9H2,1-2H3/t10-,13-,17+/m1/s1. The Balaban J connectivity index is 1.67. The van der Waals surface area contributed by atoms with Crippen molar-refractivity contribution in [1.29, 1.82) is 0 Å². The van der Waals surface area contributed by atoms with Crippen LogP contribution in [0.15, 0.2) is 24.3 Å². The molecule has 1 aromatic rings. The average molecular weight is 351 g/mol. The number of rotatable bonds is 4. The molecule has 128 valence electrons. The van der Waals surface area contributed by atoms with E-state index in [2.05, 4.69) is 0 Å². The van der Waals surface area contributed by atoms with Crippen molar-refractivity contribution in [1.82, 2.24) is 4.90 Å². The van der Waals surface area contributed by atoms with E-state index in [0.29, 0.717) is 18.6 Å². The second kappa shape index (κ2) is 6.20. The Morgan fingerprint density at radius 1 is 1.38 bits per heavy atom. The Morgan fingerprint density at radius 3 is 2.71 bits per heavy atom. The summed E-state index contributed by atoms with van der Waals surface area (Å²) in [5, 5.41) is 0. The van der Waals surface area contributed by atoms with Gasteiger partial charge >= 0.3 is 5.97 Å². The number of Topliss-reactive ketones (excluding diaryl/α,β-unsaturated/α-hetero) is 1. The number of ketones is 1. The van der Waals surface area contributed by atoms with Gasteiger partial charge in [0, 0.05) is 17.7 Å². The molecule has 3 rings (SSSR count). The van der Waals surface area contributed by atoms with Crippen LogP contribution in [0.25, 0.3) is 0 Å². The maximum atomic E-state index is 12.9. The van der Waals surface area contributed by atoms with Crippen LogP contribution in [-0.2, 0) is 14.3 Å². The lowest BCUT2D eigenvalue weighted by atomic mass is 10.1. The monoisotopic (exact) mass is 351 g/mol. The van der Waals surface area contributed by atoms with Gasteiger partial charge in [-0.15, -0.1) is 11.8 Å². The summed E-state index contributed by atoms with van der Waals surface area (Å²) in [6.45, 7) is 3.43. The van der Waals surface area contributed by atoms with Gasteiger partial charge in [-0.05, 0) is 44.5 Å². The number of ether oxygens (including phenoxy) is 1. The second-order valence-electron chi connectivity index (χ2n) is 6.22. The number of amides is 1. The molecule has 2 saturated heterocycles. The fourth-order valence-electron chi connectivity index (χ4n) is 3.15. The van der Waals surface area contributed by atoms with Crippen molar-refractivity contribution in [2.45, 2.75) is 43.7 Å². The van der Waals surface area contributed by atoms with Crippen molar-refractivity contribution in [2.75, 3.05) is 5.75 Å². The second-order valence-corrected chi connectivity index (χ2v) is 7.72. The van der Waals surface area contributed by atoms with E-state index in [4.69, 9.17) is 4.74 Å². The summed E-state index contributed by atoms with van der Waals surface area (Å²) in [5.74, 6) is -0.986. The predicted molar refractivity (Wildman–Crippen MR) is 87.0 cm³/mol. The molecule has 0 saturated carbocycles. The van der Waals surface area contributed by atoms with Gasteiger partial charge in [-0.25, -0.2) is 9.18 Å². The van der Waals surface area contributed by atoms with Crippen LogP contribution in [0.1, 0.15) is 37.0 Å². The highest BCUT2D eigenvalue weighted by Gasteiger charge is 2.53. The van der Waals surface area contributed by atoms with Crippen molar-refractivity contribution in [3.05, 3.63) is 35.6 Å². The summed E-state index contributed by atoms with van der Waals surface area (Å²) in [6.07, 6.45) is 0.152. The Kier molecular flexibility index (Phi) is 4.38. The van der Waals surface area contributed by atoms with Gasteiger partial charge in [0.1, 0.15) is 11.9 Å². The molecule has 0 aliphatic carbocycles. The fourth-order valence-corrected chi connectivity index (χ4v) is 4.57. The number of halogens is 1. The summed E-state index contributed by atoms with van der Waals surface area (Å²) >= 11 is 1.57. The minimum absolute atomic E-state index is 0.0537. The third-order valence-electron chi connectivity index (χ3n) is 4.51. The molecule has 3 atom stereocenters. The zero-order chi connectivity index (χ0) is 17.5. The van der Waals surface area contributed by atoms with Gasteiger partial charge in [0.2, 0.25) is 11.7 Å². The molecule has 0 unspecified atom stereocenters. The maximum Gasteiger partial charge on any atom is 0.330 e. The van der Waals surface area contributed by atoms with Crippen LogP contribution in [0.5, 0.6) is 0 Å². The number of benzene rings is 1. The van der Waals surface area contributed by atoms with Crippen LogP contribution in [0, 0.1) is 5.82 Å². The molecular formula is C17H18FNO4S. The summed E-state index contributed by atoms with van der Waals surface area (Å²) in [5.41, 5.74) is 0.277. The molecule has 2 aliphatic heterocycles. The third-order valence-corrected chi connectivity index (χ3v) is 6.01. The van der Waals surface area contributed by atoms with Crippen LogP contribution in [-0.4, -0.2) is 45.3 Å². The minimum atomic E-state index is -0.988. The highest BCUT2D eigenvalue weighted by atomic mass is 32.2. The van der Waals surface area contributed by atoms with Gasteiger partial charge in [-0.3, -0.25) is 9.59 Å². The van der Waals surface area contributed by atoms with E-state index in [1.807, 2.05) is 6.92 Å². The van der Waals surface area contributed by atoms with Crippen molar-refractivity contribution in [3.8, 4) is 0 Å². The molecule has 0 aromatic heterocycles. The van der Waals surface area contributed by atoms with Crippen LogP contribution >= 0.6 is 11.8 Å². The predicted octanol–water partition coefficient (Wildman–Crippen LogP) is 2.39. The number of carbonyl (C=O) groups is 3. The molecule has 1 aromatic carbocycles. The molecule has 7 heteroatoms. The first-order valence-electron chi connectivity index (χ1n) is 7.78. The normalized spacial score (nSPS) is 27.0. The van der Waals surface area contributed by atoms with Crippen LogP contribution < -0.4 is 0 Å². The summed E-state index contributed by atoms with van der Waals surface area (Å²) in [6, 6.07) is 4.43. The highest BCUT2D eigenvalue weighted by molar-refractivity contribution is 8.01. The molecule has 2 aliphatic rings. The number of thioether (sulfide) groups is 1. The van der Waals surface area contributed by atoms with Gasteiger partial charge in [-0.2, -0.15) is 0 Å². The van der Waals surface area contributed by atoms with Crippen molar-refractivity contribution in [2.24, 2.45) is 0 Å². The van der Waals surface area contributed by atoms with E-state index < -0.39 is 29.7 Å². The van der Waals surface area contributed by atoms with E-state index in [1.165, 1.54) is 31.2 Å². The van der Waals surface area contributed by atoms with E-state index in [9.17, 15) is 18.8 Å². The van der Waals surface area contributed by atoms with Gasteiger partial charge < -0.3 is 9.64 Å². The molecular weight excluding hydrogens is 333 g/mol. The Hall–Kier alpha value is -1.89. The Bertz CT molecular complexity index is 692. The molecule has 2 heterocycles. The fraction of sp³-hybridized carbons (Fsp3) is 0.471. The summed E-state index contributed by atoms with van der Waals surface area (Å²) in [7, 11) is 0. The zero-order valence-corrected chi connectivity index (χ0v) is 14.3. The summed E-state index contributed by atoms with van der Waals surface area (Å²) in [4.78, 5) is 38.0. The quantitative estimate of drug-likeness (QED) is 0.616. The first-order valence-corrected chi connectivity index (χ1v) is 8.77. The summed E-state index contributed by atoms with van der Waals surface area (Å²) < 4.78 is 18.2. The average Bonchev–Trinajstić information content (AvgIpc) is 3.04. The minimum Gasteiger partial charge on any atom is -0.453 e. The lowest BCUT2D eigenvalue weighted by Crippen LogP contribution is -2.47. The first kappa shape index (κ1) is 17.0. The van der Waals surface area contributed by atoms with E-state index >= 15 is 0 Å². The maximum absolute atomic E-state index is 12.9. The Morgan fingerprint density at radius 2 is 2.04 bits per heavy atom. The first-order chi connectivity index (χ1) is 11.3. The number of carbonyl (C=O) groups excluding carboxylic acids is 3. The van der Waals surface area contributed by atoms with E-state index in [0.717, 1.165) is 0 Å². The number of fused-ring (bicyclic) bond motifs is 1. The smallest absolute Gasteiger partial charge is 0.330 e. The van der Waals surface area contributed by atoms with E-state index in [1.54, 1.807) is 16.7 Å². The van der Waals surface area contributed by atoms with Gasteiger partial charge in [0.25, 0.3) is 0 Å². The topological polar surface area (TPSA) is 63.7 Å². The number of hydrogen-bond acceptors (Lipinski definition) is 5. The van der Waals surface area contributed by atoms with Crippen LogP contribution in [0.3, 0.4) is 0 Å². The molecule has 0 spiro atoms. The van der Waals surface area contributed by atoms with Gasteiger partial charge in [-0.1, -0.05) is 0 Å². The van der Waals surface area contributed by atoms with Crippen LogP contribution in [0.4, 0.5) is 4.39 Å². The van der Waals surface area contributed by atoms with Crippen molar-refractivity contribution < 1.29 is 23.5 Å². The van der Waals surface area contributed by atoms with Crippen molar-refractivity contribution in [3.63, 3.8) is 0 Å². The Labute approximate surface area is 143 Å². The molecule has 1 amide bonds. The number of hydrogen-bond donors (Lipinski definition) is 0. The number of esters is 1. The zero-order valence-electron chi connectivity index (χ0n) is 13.5.